The summed E-state index contributed by atoms with van der Waals surface area (Å²) in [6.45, 7) is 2.26. The molecule has 31 heavy (non-hydrogen) atoms. The van der Waals surface area contributed by atoms with Crippen LogP contribution < -0.4 is 16.4 Å². The van der Waals surface area contributed by atoms with Gasteiger partial charge < -0.3 is 9.88 Å². The van der Waals surface area contributed by atoms with Crippen molar-refractivity contribution in [1.82, 2.24) is 24.6 Å². The number of hydrogen-bond acceptors (Lipinski definition) is 7. The highest BCUT2D eigenvalue weighted by molar-refractivity contribution is 7.23. The minimum Gasteiger partial charge on any atom is -0.350 e. The lowest BCUT2D eigenvalue weighted by molar-refractivity contribution is 0.0949. The molecule has 0 aromatic carbocycles. The minimum absolute atomic E-state index is 0.0560. The van der Waals surface area contributed by atoms with Crippen LogP contribution in [0.4, 0.5) is 0 Å². The van der Waals surface area contributed by atoms with Crippen molar-refractivity contribution in [3.63, 3.8) is 0 Å². The van der Waals surface area contributed by atoms with E-state index < -0.39 is 5.91 Å². The molecule has 0 fully saturated rings. The molecule has 0 radical (unpaired) electrons. The van der Waals surface area contributed by atoms with Crippen LogP contribution in [0.5, 0.6) is 0 Å². The highest BCUT2D eigenvalue weighted by atomic mass is 32.1. The smallest absolute Gasteiger partial charge is 0.266 e. The second kappa shape index (κ2) is 8.78. The summed E-state index contributed by atoms with van der Waals surface area (Å²) in [7, 11) is 1.58. The van der Waals surface area contributed by atoms with Gasteiger partial charge in [0.05, 0.1) is 22.0 Å². The van der Waals surface area contributed by atoms with Crippen LogP contribution in [0.3, 0.4) is 0 Å². The molecule has 4 aromatic rings. The summed E-state index contributed by atoms with van der Waals surface area (Å²) in [5, 5.41) is 10.1. The molecule has 4 heterocycles. The van der Waals surface area contributed by atoms with Gasteiger partial charge in [-0.3, -0.25) is 14.4 Å². The molecule has 0 aliphatic rings. The van der Waals surface area contributed by atoms with Gasteiger partial charge in [-0.25, -0.2) is 9.67 Å². The van der Waals surface area contributed by atoms with Crippen LogP contribution in [-0.4, -0.2) is 31.8 Å². The molecular weight excluding hydrogens is 434 g/mol. The van der Waals surface area contributed by atoms with E-state index in [9.17, 15) is 14.4 Å². The topological polar surface area (TPSA) is 98.9 Å². The van der Waals surface area contributed by atoms with Gasteiger partial charge in [-0.1, -0.05) is 6.07 Å². The number of amides is 1. The summed E-state index contributed by atoms with van der Waals surface area (Å²) in [4.78, 5) is 43.2. The molecule has 1 amide bonds. The lowest BCUT2D eigenvalue weighted by Gasteiger charge is -2.08. The fourth-order valence-electron chi connectivity index (χ4n) is 3.01. The quantitative estimate of drug-likeness (QED) is 0.484. The van der Waals surface area contributed by atoms with E-state index in [0.717, 1.165) is 20.5 Å². The standard InChI is InChI=1S/C21H19N5O3S2/c1-13-18(31-20(23-13)16-6-4-12-30-16)15-7-8-17(27)26(24-15)11-9-22-19(28)14-5-3-10-25(2)21(14)29/h3-8,10,12H,9,11H2,1-2H3,(H,22,28). The lowest BCUT2D eigenvalue weighted by atomic mass is 10.2. The second-order valence-electron chi connectivity index (χ2n) is 6.78. The Morgan fingerprint density at radius 3 is 2.77 bits per heavy atom. The fourth-order valence-corrected chi connectivity index (χ4v) is 4.84. The predicted octanol–water partition coefficient (Wildman–Crippen LogP) is 2.53. The van der Waals surface area contributed by atoms with Gasteiger partial charge in [-0.2, -0.15) is 5.10 Å². The molecule has 4 aromatic heterocycles. The maximum absolute atomic E-state index is 12.3. The maximum atomic E-state index is 12.3. The molecule has 158 valence electrons. The summed E-state index contributed by atoms with van der Waals surface area (Å²) in [6, 6.07) is 10.2. The molecule has 0 saturated heterocycles. The van der Waals surface area contributed by atoms with Crippen molar-refractivity contribution in [2.24, 2.45) is 7.05 Å². The van der Waals surface area contributed by atoms with E-state index in [1.807, 2.05) is 24.4 Å². The highest BCUT2D eigenvalue weighted by Gasteiger charge is 2.15. The SMILES string of the molecule is Cc1nc(-c2cccs2)sc1-c1ccc(=O)n(CCNC(=O)c2cccn(C)c2=O)n1. The first-order chi connectivity index (χ1) is 14.9. The van der Waals surface area contributed by atoms with Crippen molar-refractivity contribution in [3.05, 3.63) is 79.9 Å². The summed E-state index contributed by atoms with van der Waals surface area (Å²) < 4.78 is 2.65. The van der Waals surface area contributed by atoms with Gasteiger partial charge in [0.25, 0.3) is 17.0 Å². The van der Waals surface area contributed by atoms with Crippen LogP contribution in [0.15, 0.2) is 57.6 Å². The fraction of sp³-hybridized carbons (Fsp3) is 0.190. The monoisotopic (exact) mass is 453 g/mol. The van der Waals surface area contributed by atoms with Crippen molar-refractivity contribution < 1.29 is 4.79 Å². The van der Waals surface area contributed by atoms with Gasteiger partial charge in [0.2, 0.25) is 0 Å². The van der Waals surface area contributed by atoms with Crippen LogP contribution in [-0.2, 0) is 13.6 Å². The number of carbonyl (C=O) groups is 1. The number of aromatic nitrogens is 4. The van der Waals surface area contributed by atoms with Gasteiger partial charge in [-0.15, -0.1) is 22.7 Å². The number of rotatable bonds is 6. The third-order valence-electron chi connectivity index (χ3n) is 4.60. The van der Waals surface area contributed by atoms with Crippen molar-refractivity contribution >= 4 is 28.6 Å². The molecule has 8 nitrogen and oxygen atoms in total. The largest absolute Gasteiger partial charge is 0.350 e. The third-order valence-corrected chi connectivity index (χ3v) is 6.82. The van der Waals surface area contributed by atoms with Gasteiger partial charge >= 0.3 is 0 Å². The van der Waals surface area contributed by atoms with Crippen LogP contribution in [0, 0.1) is 6.92 Å². The Morgan fingerprint density at radius 1 is 1.16 bits per heavy atom. The van der Waals surface area contributed by atoms with Gasteiger partial charge in [-0.05, 0) is 36.6 Å². The van der Waals surface area contributed by atoms with Gasteiger partial charge in [0.15, 0.2) is 0 Å². The Balaban J connectivity index is 1.50. The zero-order chi connectivity index (χ0) is 22.0. The van der Waals surface area contributed by atoms with Gasteiger partial charge in [0.1, 0.15) is 16.3 Å². The van der Waals surface area contributed by atoms with E-state index in [1.54, 1.807) is 36.7 Å². The summed E-state index contributed by atoms with van der Waals surface area (Å²) in [5.74, 6) is -0.482. The average Bonchev–Trinajstić information content (AvgIpc) is 3.41. The van der Waals surface area contributed by atoms with Crippen molar-refractivity contribution in [2.45, 2.75) is 13.5 Å². The number of carbonyl (C=O) groups excluding carboxylic acids is 1. The Kier molecular flexibility index (Phi) is 5.92. The number of nitrogens with one attached hydrogen (secondary N) is 1. The zero-order valence-corrected chi connectivity index (χ0v) is 18.5. The van der Waals surface area contributed by atoms with E-state index >= 15 is 0 Å². The normalized spacial score (nSPS) is 10.9. The average molecular weight is 454 g/mol. The molecule has 0 aliphatic heterocycles. The highest BCUT2D eigenvalue weighted by Crippen LogP contribution is 2.35. The molecule has 4 rings (SSSR count). The van der Waals surface area contributed by atoms with E-state index in [0.29, 0.717) is 5.69 Å². The van der Waals surface area contributed by atoms with Crippen LogP contribution >= 0.6 is 22.7 Å². The number of pyridine rings is 1. The predicted molar refractivity (Wildman–Crippen MR) is 122 cm³/mol. The lowest BCUT2D eigenvalue weighted by Crippen LogP contribution is -2.35. The Morgan fingerprint density at radius 2 is 2.00 bits per heavy atom. The number of hydrogen-bond donors (Lipinski definition) is 1. The summed E-state index contributed by atoms with van der Waals surface area (Å²) >= 11 is 3.15. The summed E-state index contributed by atoms with van der Waals surface area (Å²) in [6.07, 6.45) is 1.58. The Hall–Kier alpha value is -3.37. The van der Waals surface area contributed by atoms with E-state index in [-0.39, 0.29) is 29.8 Å². The van der Waals surface area contributed by atoms with Crippen LogP contribution in [0.2, 0.25) is 0 Å². The van der Waals surface area contributed by atoms with Crippen molar-refractivity contribution in [3.8, 4) is 20.5 Å². The van der Waals surface area contributed by atoms with E-state index in [2.05, 4.69) is 15.4 Å². The van der Waals surface area contributed by atoms with E-state index in [4.69, 9.17) is 0 Å². The molecule has 0 bridgehead atoms. The Labute approximate surface area is 185 Å². The maximum Gasteiger partial charge on any atom is 0.266 e. The van der Waals surface area contributed by atoms with Crippen LogP contribution in [0.1, 0.15) is 16.1 Å². The molecule has 0 spiro atoms. The molecule has 0 unspecified atom stereocenters. The first-order valence-electron chi connectivity index (χ1n) is 9.48. The molecule has 0 saturated carbocycles. The number of aryl methyl sites for hydroxylation is 2. The molecule has 0 atom stereocenters. The molecule has 0 aliphatic carbocycles. The Bertz CT molecular complexity index is 1350. The zero-order valence-electron chi connectivity index (χ0n) is 16.9. The summed E-state index contributed by atoms with van der Waals surface area (Å²) in [5.41, 5.74) is 0.911. The molecule has 10 heteroatoms. The number of thiophene rings is 1. The number of nitrogens with zero attached hydrogens (tertiary/aromatic N) is 4. The van der Waals surface area contributed by atoms with E-state index in [1.165, 1.54) is 32.7 Å². The third kappa shape index (κ3) is 4.39. The molecular formula is C21H19N5O3S2. The van der Waals surface area contributed by atoms with Crippen molar-refractivity contribution in [1.29, 1.82) is 0 Å². The van der Waals surface area contributed by atoms with Gasteiger partial charge in [0, 0.05) is 25.9 Å². The first kappa shape index (κ1) is 20.9. The van der Waals surface area contributed by atoms with Crippen LogP contribution in [0.25, 0.3) is 20.5 Å². The second-order valence-corrected chi connectivity index (χ2v) is 8.73. The number of thiazole rings is 1. The van der Waals surface area contributed by atoms with Crippen molar-refractivity contribution in [2.75, 3.05) is 6.54 Å². The minimum atomic E-state index is -0.482. The first-order valence-corrected chi connectivity index (χ1v) is 11.2. The molecule has 1 N–H and O–H groups in total.